The van der Waals surface area contributed by atoms with Crippen LogP contribution in [0.25, 0.3) is 0 Å². The summed E-state index contributed by atoms with van der Waals surface area (Å²) in [6, 6.07) is 32.6. The summed E-state index contributed by atoms with van der Waals surface area (Å²) in [4.78, 5) is 12.7. The van der Waals surface area contributed by atoms with Crippen LogP contribution in [-0.4, -0.2) is 25.8 Å². The fourth-order valence-electron chi connectivity index (χ4n) is 3.16. The Balaban J connectivity index is 1.58. The van der Waals surface area contributed by atoms with E-state index in [1.54, 1.807) is 97.1 Å². The molecule has 10 nitrogen and oxygen atoms in total. The van der Waals surface area contributed by atoms with Crippen LogP contribution < -0.4 is 18.1 Å². The van der Waals surface area contributed by atoms with E-state index in [9.17, 15) is 13.9 Å². The first-order valence-electron chi connectivity index (χ1n) is 12.0. The van der Waals surface area contributed by atoms with Gasteiger partial charge in [0, 0.05) is 0 Å². The number of carbonyl (C=O) groups excluding carboxylic acids is 1. The molecule has 1 atom stereocenters. The van der Waals surface area contributed by atoms with Gasteiger partial charge in [-0.3, -0.25) is 4.52 Å². The number of methoxy groups -OCH3 is 1. The van der Waals surface area contributed by atoms with Crippen molar-refractivity contribution in [3.8, 4) is 23.0 Å². The zero-order chi connectivity index (χ0) is 28.3. The molecule has 208 valence electrons. The summed E-state index contributed by atoms with van der Waals surface area (Å²) in [5.41, 5.74) is 0. The molecule has 0 N–H and O–H groups in total. The van der Waals surface area contributed by atoms with Crippen LogP contribution in [0.3, 0.4) is 0 Å². The molecule has 0 saturated heterocycles. The highest BCUT2D eigenvalue weighted by Crippen LogP contribution is 2.53. The minimum atomic E-state index is -4.55. The third-order valence-electron chi connectivity index (χ3n) is 4.95. The highest BCUT2D eigenvalue weighted by Gasteiger charge is 2.41. The third kappa shape index (κ3) is 8.73. The van der Waals surface area contributed by atoms with Crippen molar-refractivity contribution >= 4 is 21.6 Å². The van der Waals surface area contributed by atoms with Crippen molar-refractivity contribution in [2.45, 2.75) is 6.10 Å². The summed E-state index contributed by atoms with van der Waals surface area (Å²) in [5, 5.41) is 0. The molecule has 0 saturated carbocycles. The molecule has 0 aliphatic rings. The number of esters is 1. The number of carbonyl (C=O) groups is 1. The van der Waals surface area contributed by atoms with Gasteiger partial charge in [-0.05, 0) is 48.5 Å². The molecule has 0 heterocycles. The van der Waals surface area contributed by atoms with Crippen molar-refractivity contribution in [2.24, 2.45) is 0 Å². The van der Waals surface area contributed by atoms with Crippen molar-refractivity contribution in [1.29, 1.82) is 0 Å². The molecule has 4 aromatic rings. The maximum Gasteiger partial charge on any atom is 0.588 e. The SMILES string of the molecule is COC(=O)[C@H](COP(=O)(Oc1ccccc1)Oc1ccccc1)OP(=O)(Oc1ccccc1)Oc1ccccc1. The Morgan fingerprint density at radius 2 is 0.900 bits per heavy atom. The van der Waals surface area contributed by atoms with E-state index in [1.807, 2.05) is 0 Å². The summed E-state index contributed by atoms with van der Waals surface area (Å²) >= 11 is 0. The molecule has 0 aliphatic heterocycles. The van der Waals surface area contributed by atoms with Crippen molar-refractivity contribution in [1.82, 2.24) is 0 Å². The van der Waals surface area contributed by atoms with Gasteiger partial charge in [0.15, 0.2) is 6.10 Å². The largest absolute Gasteiger partial charge is 0.588 e. The van der Waals surface area contributed by atoms with E-state index in [2.05, 4.69) is 0 Å². The van der Waals surface area contributed by atoms with Gasteiger partial charge >= 0.3 is 21.6 Å². The third-order valence-corrected chi connectivity index (χ3v) is 7.66. The predicted molar refractivity (Wildman–Crippen MR) is 146 cm³/mol. The van der Waals surface area contributed by atoms with Gasteiger partial charge in [-0.1, -0.05) is 72.8 Å². The first kappa shape index (κ1) is 28.9. The molecule has 0 bridgehead atoms. The lowest BCUT2D eigenvalue weighted by Gasteiger charge is -2.24. The fourth-order valence-corrected chi connectivity index (χ4v) is 5.72. The Morgan fingerprint density at radius 1 is 0.575 bits per heavy atom. The van der Waals surface area contributed by atoms with Crippen LogP contribution in [0.15, 0.2) is 121 Å². The monoisotopic (exact) mass is 584 g/mol. The van der Waals surface area contributed by atoms with Gasteiger partial charge in [0.25, 0.3) is 0 Å². The Bertz CT molecular complexity index is 1350. The molecule has 0 unspecified atom stereocenters. The van der Waals surface area contributed by atoms with Gasteiger partial charge in [0.1, 0.15) is 23.0 Å². The standard InChI is InChI=1S/C28H26O10P2/c1-32-28(29)27(38-40(31,36-25-18-10-4-11-19-25)37-26-20-12-5-13-21-26)22-33-39(30,34-23-14-6-2-7-15-23)35-24-16-8-3-9-17-24/h2-21,27H,22H2,1H3/t27-/m0/s1. The summed E-state index contributed by atoms with van der Waals surface area (Å²) in [6.07, 6.45) is -1.73. The molecule has 0 fully saturated rings. The van der Waals surface area contributed by atoms with Crippen LogP contribution >= 0.6 is 15.6 Å². The summed E-state index contributed by atoms with van der Waals surface area (Å²) in [6.45, 7) is -0.760. The number of phosphoric acid groups is 2. The highest BCUT2D eigenvalue weighted by molar-refractivity contribution is 7.49. The van der Waals surface area contributed by atoms with E-state index in [0.29, 0.717) is 0 Å². The number of ether oxygens (including phenoxy) is 1. The minimum absolute atomic E-state index is 0.150. The second kappa shape index (κ2) is 13.8. The van der Waals surface area contributed by atoms with E-state index in [0.717, 1.165) is 7.11 Å². The summed E-state index contributed by atoms with van der Waals surface area (Å²) in [7, 11) is -7.88. The van der Waals surface area contributed by atoms with E-state index in [-0.39, 0.29) is 23.0 Å². The van der Waals surface area contributed by atoms with Gasteiger partial charge in [-0.2, -0.15) is 0 Å². The number of rotatable bonds is 14. The molecule has 0 amide bonds. The molecule has 0 spiro atoms. The number of hydrogen-bond acceptors (Lipinski definition) is 10. The zero-order valence-electron chi connectivity index (χ0n) is 21.3. The van der Waals surface area contributed by atoms with Crippen molar-refractivity contribution in [3.05, 3.63) is 121 Å². The van der Waals surface area contributed by atoms with Gasteiger partial charge in [0.2, 0.25) is 0 Å². The van der Waals surface area contributed by atoms with Crippen LogP contribution in [0.1, 0.15) is 0 Å². The van der Waals surface area contributed by atoms with E-state index in [1.165, 1.54) is 24.3 Å². The maximum absolute atomic E-state index is 13.8. The van der Waals surface area contributed by atoms with Crippen molar-refractivity contribution in [2.75, 3.05) is 13.7 Å². The number of benzene rings is 4. The first-order valence-corrected chi connectivity index (χ1v) is 14.9. The van der Waals surface area contributed by atoms with Gasteiger partial charge < -0.3 is 22.8 Å². The van der Waals surface area contributed by atoms with Crippen molar-refractivity contribution < 1.29 is 45.8 Å². The Hall–Kier alpha value is -4.07. The lowest BCUT2D eigenvalue weighted by Crippen LogP contribution is -2.31. The van der Waals surface area contributed by atoms with Crippen LogP contribution in [0, 0.1) is 0 Å². The molecule has 12 heteroatoms. The van der Waals surface area contributed by atoms with Crippen LogP contribution in [0.5, 0.6) is 23.0 Å². The Labute approximate surface area is 231 Å². The Morgan fingerprint density at radius 3 is 1.23 bits per heavy atom. The molecular formula is C28H26O10P2. The van der Waals surface area contributed by atoms with E-state index >= 15 is 0 Å². The molecule has 0 aromatic heterocycles. The summed E-state index contributed by atoms with van der Waals surface area (Å²) in [5.74, 6) is -0.335. The van der Waals surface area contributed by atoms with Crippen molar-refractivity contribution in [3.63, 3.8) is 0 Å². The summed E-state index contributed by atoms with van der Waals surface area (Å²) < 4.78 is 65.7. The minimum Gasteiger partial charge on any atom is -0.467 e. The molecule has 0 aliphatic carbocycles. The molecule has 4 rings (SSSR count). The fraction of sp³-hybridized carbons (Fsp3) is 0.107. The second-order valence-electron chi connectivity index (χ2n) is 7.92. The zero-order valence-corrected chi connectivity index (χ0v) is 23.1. The Kier molecular flexibility index (Phi) is 10.00. The van der Waals surface area contributed by atoms with Crippen LogP contribution in [0.4, 0.5) is 0 Å². The topological polar surface area (TPSA) is 116 Å². The van der Waals surface area contributed by atoms with E-state index in [4.69, 9.17) is 31.9 Å². The van der Waals surface area contributed by atoms with Crippen LogP contribution in [-0.2, 0) is 27.7 Å². The highest BCUT2D eigenvalue weighted by atomic mass is 31.2. The smallest absolute Gasteiger partial charge is 0.467 e. The maximum atomic E-state index is 13.8. The predicted octanol–water partition coefficient (Wildman–Crippen LogP) is 7.09. The van der Waals surface area contributed by atoms with Gasteiger partial charge in [-0.15, -0.1) is 0 Å². The molecule has 4 aromatic carbocycles. The quantitative estimate of drug-likeness (QED) is 0.112. The van der Waals surface area contributed by atoms with Gasteiger partial charge in [0.05, 0.1) is 13.7 Å². The molecular weight excluding hydrogens is 558 g/mol. The first-order chi connectivity index (χ1) is 19.4. The second-order valence-corrected chi connectivity index (χ2v) is 10.9. The lowest BCUT2D eigenvalue weighted by atomic mass is 10.3. The average molecular weight is 584 g/mol. The lowest BCUT2D eigenvalue weighted by molar-refractivity contribution is -0.151. The van der Waals surface area contributed by atoms with E-state index < -0.39 is 34.3 Å². The van der Waals surface area contributed by atoms with Gasteiger partial charge in [-0.25, -0.2) is 18.4 Å². The number of hydrogen-bond donors (Lipinski definition) is 0. The number of para-hydroxylation sites is 4. The normalized spacial score (nSPS) is 12.1. The number of phosphoric ester groups is 2. The molecule has 40 heavy (non-hydrogen) atoms. The molecule has 0 radical (unpaired) electrons. The average Bonchev–Trinajstić information content (AvgIpc) is 2.97. The van der Waals surface area contributed by atoms with Crippen LogP contribution in [0.2, 0.25) is 0 Å².